The fourth-order valence-electron chi connectivity index (χ4n) is 1.75. The van der Waals surface area contributed by atoms with Gasteiger partial charge in [-0.15, -0.1) is 0 Å². The first-order valence-corrected chi connectivity index (χ1v) is 5.13. The van der Waals surface area contributed by atoms with E-state index in [1.165, 1.54) is 0 Å². The summed E-state index contributed by atoms with van der Waals surface area (Å²) in [5.41, 5.74) is 3.48. The summed E-state index contributed by atoms with van der Waals surface area (Å²) in [5, 5.41) is 11.7. The highest BCUT2D eigenvalue weighted by Gasteiger charge is 2.44. The minimum atomic E-state index is -1.09. The van der Waals surface area contributed by atoms with Gasteiger partial charge in [0.1, 0.15) is 5.54 Å². The maximum Gasteiger partial charge on any atom is 0.329 e. The minimum absolute atomic E-state index is 0.410. The molecule has 0 aliphatic heterocycles. The van der Waals surface area contributed by atoms with Crippen molar-refractivity contribution in [2.45, 2.75) is 50.6 Å². The molecular formula is C10H18N2O3. The van der Waals surface area contributed by atoms with Crippen molar-refractivity contribution >= 4 is 11.9 Å². The highest BCUT2D eigenvalue weighted by atomic mass is 16.4. The molecule has 0 atom stereocenters. The lowest BCUT2D eigenvalue weighted by atomic mass is 9.95. The van der Waals surface area contributed by atoms with Crippen LogP contribution in [0.2, 0.25) is 0 Å². The van der Waals surface area contributed by atoms with Gasteiger partial charge in [0.05, 0.1) is 5.54 Å². The number of hydrogen-bond acceptors (Lipinski definition) is 3. The molecule has 0 unspecified atom stereocenters. The molecule has 5 heteroatoms. The van der Waals surface area contributed by atoms with Crippen molar-refractivity contribution < 1.29 is 14.7 Å². The number of amides is 1. The lowest BCUT2D eigenvalue weighted by molar-refractivity contribution is -0.148. The zero-order chi connectivity index (χ0) is 11.7. The summed E-state index contributed by atoms with van der Waals surface area (Å²) in [6, 6.07) is 0. The SMILES string of the molecule is CC(C)(N)C(=O)NC1(C(=O)O)CCCC1. The molecule has 5 nitrogen and oxygen atoms in total. The molecule has 0 saturated heterocycles. The lowest BCUT2D eigenvalue weighted by Gasteiger charge is -2.29. The first kappa shape index (κ1) is 12.0. The number of rotatable bonds is 3. The van der Waals surface area contributed by atoms with E-state index >= 15 is 0 Å². The molecule has 86 valence electrons. The third-order valence-corrected chi connectivity index (χ3v) is 2.80. The summed E-state index contributed by atoms with van der Waals surface area (Å²) >= 11 is 0. The monoisotopic (exact) mass is 214 g/mol. The average molecular weight is 214 g/mol. The summed E-state index contributed by atoms with van der Waals surface area (Å²) in [5.74, 6) is -1.37. The molecule has 15 heavy (non-hydrogen) atoms. The Morgan fingerprint density at radius 2 is 1.80 bits per heavy atom. The van der Waals surface area contributed by atoms with Gasteiger partial charge >= 0.3 is 5.97 Å². The summed E-state index contributed by atoms with van der Waals surface area (Å²) in [6.07, 6.45) is 2.64. The second-order valence-electron chi connectivity index (χ2n) is 4.77. The van der Waals surface area contributed by atoms with Gasteiger partial charge in [0.15, 0.2) is 0 Å². The van der Waals surface area contributed by atoms with E-state index in [1.807, 2.05) is 0 Å². The first-order chi connectivity index (χ1) is 6.78. The third kappa shape index (κ3) is 2.47. The molecule has 1 saturated carbocycles. The molecule has 1 aliphatic rings. The van der Waals surface area contributed by atoms with Crippen LogP contribution in [0.25, 0.3) is 0 Å². The molecule has 4 N–H and O–H groups in total. The fraction of sp³-hybridized carbons (Fsp3) is 0.800. The zero-order valence-electron chi connectivity index (χ0n) is 9.17. The van der Waals surface area contributed by atoms with Crippen LogP contribution in [0.5, 0.6) is 0 Å². The van der Waals surface area contributed by atoms with E-state index in [9.17, 15) is 9.59 Å². The molecule has 1 aliphatic carbocycles. The summed E-state index contributed by atoms with van der Waals surface area (Å²) in [4.78, 5) is 22.8. The minimum Gasteiger partial charge on any atom is -0.480 e. The molecule has 1 fully saturated rings. The van der Waals surface area contributed by atoms with Gasteiger partial charge in [-0.25, -0.2) is 4.79 Å². The Hall–Kier alpha value is -1.10. The summed E-state index contributed by atoms with van der Waals surface area (Å²) in [6.45, 7) is 3.12. The number of aliphatic carboxylic acids is 1. The van der Waals surface area contributed by atoms with Crippen molar-refractivity contribution in [3.63, 3.8) is 0 Å². The van der Waals surface area contributed by atoms with Gasteiger partial charge in [-0.05, 0) is 26.7 Å². The van der Waals surface area contributed by atoms with Gasteiger partial charge in [-0.3, -0.25) is 4.79 Å². The van der Waals surface area contributed by atoms with Crippen molar-refractivity contribution in [2.75, 3.05) is 0 Å². The number of carbonyl (C=O) groups excluding carboxylic acids is 1. The topological polar surface area (TPSA) is 92.4 Å². The Balaban J connectivity index is 2.77. The molecule has 0 spiro atoms. The van der Waals surface area contributed by atoms with Crippen LogP contribution in [-0.2, 0) is 9.59 Å². The number of carboxylic acids is 1. The summed E-state index contributed by atoms with van der Waals surface area (Å²) in [7, 11) is 0. The molecule has 0 radical (unpaired) electrons. The van der Waals surface area contributed by atoms with Crippen LogP contribution < -0.4 is 11.1 Å². The van der Waals surface area contributed by atoms with Crippen LogP contribution in [0.3, 0.4) is 0 Å². The number of nitrogens with one attached hydrogen (secondary N) is 1. The van der Waals surface area contributed by atoms with E-state index in [-0.39, 0.29) is 0 Å². The van der Waals surface area contributed by atoms with Gasteiger partial charge in [0.2, 0.25) is 5.91 Å². The van der Waals surface area contributed by atoms with Gasteiger partial charge < -0.3 is 16.2 Å². The molecule has 1 amide bonds. The van der Waals surface area contributed by atoms with Gasteiger partial charge in [0, 0.05) is 0 Å². The van der Waals surface area contributed by atoms with E-state index < -0.39 is 23.0 Å². The Morgan fingerprint density at radius 1 is 1.33 bits per heavy atom. The van der Waals surface area contributed by atoms with Crippen molar-refractivity contribution in [3.8, 4) is 0 Å². The lowest BCUT2D eigenvalue weighted by Crippen LogP contribution is -2.60. The van der Waals surface area contributed by atoms with E-state index in [0.717, 1.165) is 12.8 Å². The standard InChI is InChI=1S/C10H18N2O3/c1-9(2,11)7(13)12-10(8(14)15)5-3-4-6-10/h3-6,11H2,1-2H3,(H,12,13)(H,14,15). The van der Waals surface area contributed by atoms with Crippen LogP contribution in [0, 0.1) is 0 Å². The Labute approximate surface area is 89.0 Å². The maximum absolute atomic E-state index is 11.6. The van der Waals surface area contributed by atoms with Gasteiger partial charge in [-0.1, -0.05) is 12.8 Å². The normalized spacial score (nSPS) is 19.9. The van der Waals surface area contributed by atoms with E-state index in [2.05, 4.69) is 5.32 Å². The number of hydrogen-bond donors (Lipinski definition) is 3. The van der Waals surface area contributed by atoms with Crippen molar-refractivity contribution in [3.05, 3.63) is 0 Å². The maximum atomic E-state index is 11.6. The average Bonchev–Trinajstić information content (AvgIpc) is 2.52. The van der Waals surface area contributed by atoms with Gasteiger partial charge in [0.25, 0.3) is 0 Å². The predicted molar refractivity (Wildman–Crippen MR) is 55.2 cm³/mol. The number of nitrogens with two attached hydrogens (primary N) is 1. The molecule has 1 rings (SSSR count). The van der Waals surface area contributed by atoms with E-state index in [4.69, 9.17) is 10.8 Å². The Bertz CT molecular complexity index is 275. The van der Waals surface area contributed by atoms with E-state index in [1.54, 1.807) is 13.8 Å². The predicted octanol–water partition coefficient (Wildman–Crippen LogP) is 0.237. The van der Waals surface area contributed by atoms with Crippen LogP contribution in [0.4, 0.5) is 0 Å². The van der Waals surface area contributed by atoms with Crippen LogP contribution in [0.15, 0.2) is 0 Å². The number of carbonyl (C=O) groups is 2. The van der Waals surface area contributed by atoms with Crippen LogP contribution in [-0.4, -0.2) is 28.1 Å². The van der Waals surface area contributed by atoms with Crippen molar-refractivity contribution in [2.24, 2.45) is 5.73 Å². The molecule has 0 bridgehead atoms. The van der Waals surface area contributed by atoms with Crippen LogP contribution in [0.1, 0.15) is 39.5 Å². The molecular weight excluding hydrogens is 196 g/mol. The van der Waals surface area contributed by atoms with Crippen molar-refractivity contribution in [1.82, 2.24) is 5.32 Å². The second-order valence-corrected chi connectivity index (χ2v) is 4.77. The quantitative estimate of drug-likeness (QED) is 0.627. The first-order valence-electron chi connectivity index (χ1n) is 5.13. The van der Waals surface area contributed by atoms with Gasteiger partial charge in [-0.2, -0.15) is 0 Å². The van der Waals surface area contributed by atoms with Crippen molar-refractivity contribution in [1.29, 1.82) is 0 Å². The van der Waals surface area contributed by atoms with E-state index in [0.29, 0.717) is 12.8 Å². The molecule has 0 aromatic carbocycles. The second kappa shape index (κ2) is 3.81. The largest absolute Gasteiger partial charge is 0.480 e. The van der Waals surface area contributed by atoms with Crippen LogP contribution >= 0.6 is 0 Å². The zero-order valence-corrected chi connectivity index (χ0v) is 9.17. The fourth-order valence-corrected chi connectivity index (χ4v) is 1.75. The highest BCUT2D eigenvalue weighted by molar-refractivity contribution is 5.91. The smallest absolute Gasteiger partial charge is 0.329 e. The Kier molecular flexibility index (Phi) is 3.04. The third-order valence-electron chi connectivity index (χ3n) is 2.80. The Morgan fingerprint density at radius 3 is 2.13 bits per heavy atom. The highest BCUT2D eigenvalue weighted by Crippen LogP contribution is 2.30. The molecule has 0 aromatic heterocycles. The molecule has 0 aromatic rings. The number of carboxylic acid groups (broad SMARTS) is 1. The summed E-state index contributed by atoms with van der Waals surface area (Å²) < 4.78 is 0. The molecule has 0 heterocycles.